The van der Waals surface area contributed by atoms with Gasteiger partial charge in [0, 0.05) is 10.4 Å². The van der Waals surface area contributed by atoms with Crippen LogP contribution in [0.15, 0.2) is 30.3 Å². The lowest BCUT2D eigenvalue weighted by atomic mass is 10.1. The standard InChI is InChI=1S/C20H24N4O2S/c1-4-6-16-13(5-2)11-17(27-16)20(25)21-12-18-22-19(24-23-18)14-7-9-15(26-3)10-8-14/h7-11H,4-6,12H2,1-3H3,(H,21,25)(H,22,23,24). The molecule has 0 radical (unpaired) electrons. The van der Waals surface area contributed by atoms with E-state index in [9.17, 15) is 4.79 Å². The Morgan fingerprint density at radius 2 is 2.04 bits per heavy atom. The highest BCUT2D eigenvalue weighted by Gasteiger charge is 2.14. The average Bonchev–Trinajstić information content (AvgIpc) is 3.33. The molecule has 142 valence electrons. The van der Waals surface area contributed by atoms with Gasteiger partial charge in [-0.2, -0.15) is 5.10 Å². The van der Waals surface area contributed by atoms with Gasteiger partial charge in [0.2, 0.25) is 0 Å². The molecule has 0 atom stereocenters. The van der Waals surface area contributed by atoms with E-state index in [0.29, 0.717) is 18.2 Å². The van der Waals surface area contributed by atoms with Crippen LogP contribution < -0.4 is 10.1 Å². The molecule has 2 aromatic heterocycles. The van der Waals surface area contributed by atoms with E-state index in [0.717, 1.165) is 35.5 Å². The highest BCUT2D eigenvalue weighted by Crippen LogP contribution is 2.24. The van der Waals surface area contributed by atoms with Crippen molar-refractivity contribution in [2.45, 2.75) is 39.7 Å². The van der Waals surface area contributed by atoms with Crippen LogP contribution in [-0.4, -0.2) is 28.2 Å². The molecule has 3 rings (SSSR count). The number of aromatic amines is 1. The number of methoxy groups -OCH3 is 1. The van der Waals surface area contributed by atoms with Crippen LogP contribution in [0.4, 0.5) is 0 Å². The molecule has 0 aliphatic carbocycles. The summed E-state index contributed by atoms with van der Waals surface area (Å²) in [5.41, 5.74) is 2.16. The predicted octanol–water partition coefficient (Wildman–Crippen LogP) is 3.99. The van der Waals surface area contributed by atoms with Crippen molar-refractivity contribution in [3.63, 3.8) is 0 Å². The molecule has 3 aromatic rings. The first-order valence-electron chi connectivity index (χ1n) is 9.10. The summed E-state index contributed by atoms with van der Waals surface area (Å²) in [7, 11) is 1.63. The SMILES string of the molecule is CCCc1sc(C(=O)NCc2nc(-c3ccc(OC)cc3)n[nH]2)cc1CC. The van der Waals surface area contributed by atoms with Crippen molar-refractivity contribution in [1.29, 1.82) is 0 Å². The van der Waals surface area contributed by atoms with E-state index >= 15 is 0 Å². The van der Waals surface area contributed by atoms with Gasteiger partial charge in [0.15, 0.2) is 5.82 Å². The van der Waals surface area contributed by atoms with Gasteiger partial charge in [0.1, 0.15) is 11.6 Å². The van der Waals surface area contributed by atoms with E-state index in [4.69, 9.17) is 4.74 Å². The summed E-state index contributed by atoms with van der Waals surface area (Å²) in [5.74, 6) is 1.93. The van der Waals surface area contributed by atoms with Crippen LogP contribution in [-0.2, 0) is 19.4 Å². The number of amides is 1. The summed E-state index contributed by atoms with van der Waals surface area (Å²) < 4.78 is 5.16. The number of nitrogens with one attached hydrogen (secondary N) is 2. The zero-order valence-electron chi connectivity index (χ0n) is 15.8. The quantitative estimate of drug-likeness (QED) is 0.615. The third kappa shape index (κ3) is 4.54. The Labute approximate surface area is 163 Å². The third-order valence-corrected chi connectivity index (χ3v) is 5.51. The zero-order valence-corrected chi connectivity index (χ0v) is 16.7. The molecule has 6 nitrogen and oxygen atoms in total. The van der Waals surface area contributed by atoms with Gasteiger partial charge in [-0.25, -0.2) is 4.98 Å². The number of carbonyl (C=O) groups excluding carboxylic acids is 1. The fraction of sp³-hybridized carbons (Fsp3) is 0.350. The van der Waals surface area contributed by atoms with Crippen molar-refractivity contribution in [3.05, 3.63) is 51.5 Å². The normalized spacial score (nSPS) is 10.8. The Morgan fingerprint density at radius 3 is 2.70 bits per heavy atom. The highest BCUT2D eigenvalue weighted by atomic mass is 32.1. The van der Waals surface area contributed by atoms with Crippen LogP contribution in [0.3, 0.4) is 0 Å². The molecule has 0 spiro atoms. The van der Waals surface area contributed by atoms with Gasteiger partial charge in [-0.1, -0.05) is 20.3 Å². The van der Waals surface area contributed by atoms with Crippen molar-refractivity contribution in [2.24, 2.45) is 0 Å². The molecule has 2 heterocycles. The molecule has 1 amide bonds. The first kappa shape index (κ1) is 19.1. The van der Waals surface area contributed by atoms with Crippen LogP contribution in [0.2, 0.25) is 0 Å². The van der Waals surface area contributed by atoms with Gasteiger partial charge >= 0.3 is 0 Å². The Morgan fingerprint density at radius 1 is 1.26 bits per heavy atom. The smallest absolute Gasteiger partial charge is 0.261 e. The lowest BCUT2D eigenvalue weighted by Gasteiger charge is -2.00. The molecule has 7 heteroatoms. The largest absolute Gasteiger partial charge is 0.497 e. The van der Waals surface area contributed by atoms with E-state index < -0.39 is 0 Å². The molecule has 2 N–H and O–H groups in total. The first-order valence-corrected chi connectivity index (χ1v) is 9.91. The lowest BCUT2D eigenvalue weighted by molar-refractivity contribution is 0.0954. The number of aromatic nitrogens is 3. The molecule has 0 unspecified atom stereocenters. The summed E-state index contributed by atoms with van der Waals surface area (Å²) in [6.07, 6.45) is 3.06. The van der Waals surface area contributed by atoms with Crippen LogP contribution in [0.5, 0.6) is 5.75 Å². The number of H-pyrrole nitrogens is 1. The number of rotatable bonds is 8. The number of nitrogens with zero attached hydrogens (tertiary/aromatic N) is 2. The summed E-state index contributed by atoms with van der Waals surface area (Å²) in [5, 5.41) is 10.0. The molecule has 0 fully saturated rings. The number of thiophene rings is 1. The molecule has 27 heavy (non-hydrogen) atoms. The minimum Gasteiger partial charge on any atom is -0.497 e. The Balaban J connectivity index is 1.63. The average molecular weight is 385 g/mol. The summed E-state index contributed by atoms with van der Waals surface area (Å²) in [6.45, 7) is 4.59. The number of carbonyl (C=O) groups is 1. The van der Waals surface area contributed by atoms with Gasteiger partial charge in [-0.3, -0.25) is 9.89 Å². The fourth-order valence-corrected chi connectivity index (χ4v) is 4.08. The number of ether oxygens (including phenoxy) is 1. The minimum absolute atomic E-state index is 0.0700. The van der Waals surface area contributed by atoms with Gasteiger partial charge in [-0.15, -0.1) is 11.3 Å². The molecule has 1 aromatic carbocycles. The predicted molar refractivity (Wildman–Crippen MR) is 107 cm³/mol. The molecule has 0 saturated heterocycles. The van der Waals surface area contributed by atoms with Gasteiger partial charge < -0.3 is 10.1 Å². The van der Waals surface area contributed by atoms with E-state index in [-0.39, 0.29) is 5.91 Å². The summed E-state index contributed by atoms with van der Waals surface area (Å²) >= 11 is 1.59. The molecular formula is C20H24N4O2S. The molecule has 0 aliphatic rings. The maximum atomic E-state index is 12.5. The Hall–Kier alpha value is -2.67. The van der Waals surface area contributed by atoms with E-state index in [1.807, 2.05) is 30.3 Å². The number of hydrogen-bond acceptors (Lipinski definition) is 5. The Kier molecular flexibility index (Phi) is 6.24. The summed E-state index contributed by atoms with van der Waals surface area (Å²) in [4.78, 5) is 19.0. The monoisotopic (exact) mass is 384 g/mol. The minimum atomic E-state index is -0.0700. The number of aryl methyl sites for hydroxylation is 2. The molecule has 0 bridgehead atoms. The maximum Gasteiger partial charge on any atom is 0.261 e. The second kappa shape index (κ2) is 8.81. The fourth-order valence-electron chi connectivity index (χ4n) is 2.81. The lowest BCUT2D eigenvalue weighted by Crippen LogP contribution is -2.22. The van der Waals surface area contributed by atoms with E-state index in [1.165, 1.54) is 10.4 Å². The van der Waals surface area contributed by atoms with Crippen LogP contribution in [0.25, 0.3) is 11.4 Å². The van der Waals surface area contributed by atoms with Crippen LogP contribution in [0.1, 0.15) is 46.2 Å². The third-order valence-electron chi connectivity index (χ3n) is 4.27. The van der Waals surface area contributed by atoms with Crippen molar-refractivity contribution in [3.8, 4) is 17.1 Å². The van der Waals surface area contributed by atoms with Gasteiger partial charge in [-0.05, 0) is 48.7 Å². The first-order chi connectivity index (χ1) is 13.1. The van der Waals surface area contributed by atoms with Crippen molar-refractivity contribution < 1.29 is 9.53 Å². The molecule has 0 saturated carbocycles. The topological polar surface area (TPSA) is 79.9 Å². The molecular weight excluding hydrogens is 360 g/mol. The van der Waals surface area contributed by atoms with Crippen LogP contribution in [0, 0.1) is 0 Å². The molecule has 0 aliphatic heterocycles. The maximum absolute atomic E-state index is 12.5. The van der Waals surface area contributed by atoms with Gasteiger partial charge in [0.25, 0.3) is 5.91 Å². The highest BCUT2D eigenvalue weighted by molar-refractivity contribution is 7.14. The van der Waals surface area contributed by atoms with Crippen LogP contribution >= 0.6 is 11.3 Å². The van der Waals surface area contributed by atoms with Crippen molar-refractivity contribution in [1.82, 2.24) is 20.5 Å². The van der Waals surface area contributed by atoms with Gasteiger partial charge in [0.05, 0.1) is 18.5 Å². The van der Waals surface area contributed by atoms with Crippen molar-refractivity contribution in [2.75, 3.05) is 7.11 Å². The Bertz CT molecular complexity index is 899. The van der Waals surface area contributed by atoms with E-state index in [1.54, 1.807) is 18.4 Å². The number of benzene rings is 1. The second-order valence-electron chi connectivity index (χ2n) is 6.18. The second-order valence-corrected chi connectivity index (χ2v) is 7.32. The zero-order chi connectivity index (χ0) is 19.2. The number of hydrogen-bond donors (Lipinski definition) is 2. The van der Waals surface area contributed by atoms with Crippen molar-refractivity contribution >= 4 is 17.2 Å². The van der Waals surface area contributed by atoms with E-state index in [2.05, 4.69) is 34.3 Å². The summed E-state index contributed by atoms with van der Waals surface area (Å²) in [6, 6.07) is 9.54.